The predicted octanol–water partition coefficient (Wildman–Crippen LogP) is 0.881. The summed E-state index contributed by atoms with van der Waals surface area (Å²) in [5.41, 5.74) is 6.51. The molecule has 0 aliphatic heterocycles. The van der Waals surface area contributed by atoms with E-state index in [1.807, 2.05) is 6.07 Å². The number of hydrogen-bond donors (Lipinski definition) is 2. The average Bonchev–Trinajstić information content (AvgIpc) is 2.93. The van der Waals surface area contributed by atoms with Crippen molar-refractivity contribution >= 4 is 17.4 Å². The van der Waals surface area contributed by atoms with Crippen molar-refractivity contribution in [3.63, 3.8) is 0 Å². The second-order valence-corrected chi connectivity index (χ2v) is 3.80. The number of nitrogens with zero attached hydrogens (tertiary/aromatic N) is 4. The minimum Gasteiger partial charge on any atom is -0.280 e. The van der Waals surface area contributed by atoms with Crippen LogP contribution in [0, 0.1) is 0 Å². The highest BCUT2D eigenvalue weighted by Gasteiger charge is 2.04. The predicted molar refractivity (Wildman–Crippen MR) is 68.3 cm³/mol. The molecule has 3 aromatic rings. The zero-order valence-corrected chi connectivity index (χ0v) is 9.82. The largest absolute Gasteiger partial charge is 0.280 e. The summed E-state index contributed by atoms with van der Waals surface area (Å²) in [5, 5.41) is 11.7. The number of carbonyl (C=O) groups excluding carboxylic acids is 1. The number of nitrogens with one attached hydrogen (secondary N) is 2. The topological polar surface area (TPSA) is 84.2 Å². The van der Waals surface area contributed by atoms with Crippen molar-refractivity contribution in [3.05, 3.63) is 54.4 Å². The number of benzene rings is 1. The number of hydrazine groups is 1. The van der Waals surface area contributed by atoms with Gasteiger partial charge in [0.1, 0.15) is 6.33 Å². The minimum atomic E-state index is -0.230. The molecule has 0 aliphatic rings. The Hall–Kier alpha value is -2.96. The number of carbonyl (C=O) groups is 1. The molecule has 3 rings (SSSR count). The van der Waals surface area contributed by atoms with Crippen LogP contribution in [0.25, 0.3) is 5.65 Å². The Bertz CT molecular complexity index is 708. The van der Waals surface area contributed by atoms with Crippen LogP contribution >= 0.6 is 0 Å². The van der Waals surface area contributed by atoms with Gasteiger partial charge in [-0.1, -0.05) is 18.2 Å². The first kappa shape index (κ1) is 11.1. The molecule has 0 unspecified atom stereocenters. The van der Waals surface area contributed by atoms with Crippen molar-refractivity contribution in [2.24, 2.45) is 0 Å². The van der Waals surface area contributed by atoms with Crippen molar-refractivity contribution in [2.75, 3.05) is 5.43 Å². The Labute approximate surface area is 108 Å². The fourth-order valence-electron chi connectivity index (χ4n) is 1.58. The van der Waals surface area contributed by atoms with Gasteiger partial charge in [-0.15, -0.1) is 15.3 Å². The fourth-order valence-corrected chi connectivity index (χ4v) is 1.58. The van der Waals surface area contributed by atoms with Gasteiger partial charge in [0.15, 0.2) is 11.5 Å². The molecule has 0 fully saturated rings. The van der Waals surface area contributed by atoms with E-state index < -0.39 is 0 Å². The summed E-state index contributed by atoms with van der Waals surface area (Å²) in [7, 11) is 0. The normalized spacial score (nSPS) is 10.3. The minimum absolute atomic E-state index is 0.230. The first-order valence-electron chi connectivity index (χ1n) is 5.61. The zero-order chi connectivity index (χ0) is 13.1. The highest BCUT2D eigenvalue weighted by Crippen LogP contribution is 2.03. The van der Waals surface area contributed by atoms with Crippen LogP contribution < -0.4 is 10.9 Å². The molecular weight excluding hydrogens is 244 g/mol. The molecule has 2 aromatic heterocycles. The van der Waals surface area contributed by atoms with Crippen LogP contribution in [0.2, 0.25) is 0 Å². The molecule has 0 spiro atoms. The molecular formula is C12H10N6O. The number of hydrogen-bond acceptors (Lipinski definition) is 5. The number of amides is 1. The fraction of sp³-hybridized carbons (Fsp3) is 0. The maximum Gasteiger partial charge on any atom is 0.269 e. The highest BCUT2D eigenvalue weighted by atomic mass is 16.2. The Morgan fingerprint density at radius 3 is 2.79 bits per heavy atom. The second-order valence-electron chi connectivity index (χ2n) is 3.80. The van der Waals surface area contributed by atoms with Crippen molar-refractivity contribution in [2.45, 2.75) is 0 Å². The summed E-state index contributed by atoms with van der Waals surface area (Å²) >= 11 is 0. The lowest BCUT2D eigenvalue weighted by Crippen LogP contribution is -2.29. The monoisotopic (exact) mass is 254 g/mol. The van der Waals surface area contributed by atoms with Gasteiger partial charge in [-0.25, -0.2) is 0 Å². The van der Waals surface area contributed by atoms with Gasteiger partial charge >= 0.3 is 0 Å². The molecule has 2 heterocycles. The van der Waals surface area contributed by atoms with E-state index in [1.54, 1.807) is 36.4 Å². The third-order valence-electron chi connectivity index (χ3n) is 2.50. The molecule has 2 N–H and O–H groups in total. The van der Waals surface area contributed by atoms with Gasteiger partial charge in [0.05, 0.1) is 0 Å². The molecule has 1 aromatic carbocycles. The second kappa shape index (κ2) is 4.73. The van der Waals surface area contributed by atoms with E-state index in [9.17, 15) is 4.79 Å². The number of rotatable bonds is 3. The first-order chi connectivity index (χ1) is 9.33. The van der Waals surface area contributed by atoms with Crippen molar-refractivity contribution < 1.29 is 4.79 Å². The summed E-state index contributed by atoms with van der Waals surface area (Å²) in [6, 6.07) is 12.4. The van der Waals surface area contributed by atoms with E-state index >= 15 is 0 Å². The molecule has 19 heavy (non-hydrogen) atoms. The first-order valence-corrected chi connectivity index (χ1v) is 5.61. The maximum absolute atomic E-state index is 11.8. The highest BCUT2D eigenvalue weighted by molar-refractivity contribution is 5.94. The molecule has 0 bridgehead atoms. The Kier molecular flexibility index (Phi) is 2.77. The van der Waals surface area contributed by atoms with E-state index in [1.165, 1.54) is 10.8 Å². The van der Waals surface area contributed by atoms with Gasteiger partial charge in [-0.2, -0.15) is 4.52 Å². The van der Waals surface area contributed by atoms with Gasteiger partial charge in [-0.05, 0) is 24.3 Å². The van der Waals surface area contributed by atoms with Gasteiger partial charge in [0.2, 0.25) is 0 Å². The average molecular weight is 254 g/mol. The molecule has 0 atom stereocenters. The Morgan fingerprint density at radius 2 is 1.95 bits per heavy atom. The van der Waals surface area contributed by atoms with Gasteiger partial charge in [0, 0.05) is 5.56 Å². The van der Waals surface area contributed by atoms with Crippen LogP contribution in [0.1, 0.15) is 10.4 Å². The van der Waals surface area contributed by atoms with Crippen LogP contribution in [0.4, 0.5) is 5.82 Å². The molecule has 0 aliphatic carbocycles. The molecule has 0 saturated carbocycles. The van der Waals surface area contributed by atoms with Crippen LogP contribution in [0.5, 0.6) is 0 Å². The Morgan fingerprint density at radius 1 is 1.11 bits per heavy atom. The van der Waals surface area contributed by atoms with Crippen molar-refractivity contribution in [1.82, 2.24) is 25.2 Å². The van der Waals surface area contributed by atoms with Crippen LogP contribution in [-0.2, 0) is 0 Å². The lowest BCUT2D eigenvalue weighted by molar-refractivity contribution is 0.0962. The van der Waals surface area contributed by atoms with Gasteiger partial charge in [-0.3, -0.25) is 15.6 Å². The summed E-state index contributed by atoms with van der Waals surface area (Å²) in [6.45, 7) is 0. The third-order valence-corrected chi connectivity index (χ3v) is 2.50. The SMILES string of the molecule is O=C(NNc1ccc2nncn2n1)c1ccccc1. The van der Waals surface area contributed by atoms with Gasteiger partial charge in [0.25, 0.3) is 5.91 Å². The van der Waals surface area contributed by atoms with Crippen molar-refractivity contribution in [1.29, 1.82) is 0 Å². The lowest BCUT2D eigenvalue weighted by atomic mass is 10.2. The molecule has 1 amide bonds. The standard InChI is InChI=1S/C12H10N6O/c19-12(9-4-2-1-3-5-9)16-14-10-6-7-11-15-13-8-18(11)17-10/h1-8H,(H,14,17)(H,16,19). The Balaban J connectivity index is 1.70. The summed E-state index contributed by atoms with van der Waals surface area (Å²) < 4.78 is 1.51. The molecule has 7 heteroatoms. The summed E-state index contributed by atoms with van der Waals surface area (Å²) in [4.78, 5) is 11.8. The quantitative estimate of drug-likeness (QED) is 0.678. The van der Waals surface area contributed by atoms with E-state index in [0.29, 0.717) is 17.0 Å². The van der Waals surface area contributed by atoms with Gasteiger partial charge < -0.3 is 0 Å². The lowest BCUT2D eigenvalue weighted by Gasteiger charge is -2.07. The maximum atomic E-state index is 11.8. The summed E-state index contributed by atoms with van der Waals surface area (Å²) in [6.07, 6.45) is 1.49. The number of fused-ring (bicyclic) bond motifs is 1. The smallest absolute Gasteiger partial charge is 0.269 e. The third kappa shape index (κ3) is 2.34. The van der Waals surface area contributed by atoms with E-state index in [2.05, 4.69) is 26.1 Å². The van der Waals surface area contributed by atoms with E-state index in [4.69, 9.17) is 0 Å². The summed E-state index contributed by atoms with van der Waals surface area (Å²) in [5.74, 6) is 0.267. The molecule has 7 nitrogen and oxygen atoms in total. The zero-order valence-electron chi connectivity index (χ0n) is 9.82. The number of aromatic nitrogens is 4. The van der Waals surface area contributed by atoms with E-state index in [0.717, 1.165) is 0 Å². The van der Waals surface area contributed by atoms with Crippen LogP contribution in [0.3, 0.4) is 0 Å². The molecule has 0 radical (unpaired) electrons. The van der Waals surface area contributed by atoms with E-state index in [-0.39, 0.29) is 5.91 Å². The molecule has 0 saturated heterocycles. The molecule has 94 valence electrons. The van der Waals surface area contributed by atoms with Crippen molar-refractivity contribution in [3.8, 4) is 0 Å². The number of anilines is 1. The van der Waals surface area contributed by atoms with Crippen LogP contribution in [-0.4, -0.2) is 25.7 Å². The van der Waals surface area contributed by atoms with Crippen LogP contribution in [0.15, 0.2) is 48.8 Å².